The van der Waals surface area contributed by atoms with Crippen molar-refractivity contribution in [3.8, 4) is 0 Å². The van der Waals surface area contributed by atoms with Crippen molar-refractivity contribution in [3.63, 3.8) is 0 Å². The molecule has 196 valence electrons. The molecule has 11 nitrogen and oxygen atoms in total. The molecule has 37 heavy (non-hydrogen) atoms. The van der Waals surface area contributed by atoms with Gasteiger partial charge in [0, 0.05) is 24.6 Å². The smallest absolute Gasteiger partial charge is 0.320 e. The Hall–Kier alpha value is -4.16. The lowest BCUT2D eigenvalue weighted by molar-refractivity contribution is -0.430. The van der Waals surface area contributed by atoms with E-state index >= 15 is 0 Å². The van der Waals surface area contributed by atoms with Gasteiger partial charge in [0.25, 0.3) is 5.70 Å². The lowest BCUT2D eigenvalue weighted by Crippen LogP contribution is -2.29. The lowest BCUT2D eigenvalue weighted by atomic mass is 9.72. The monoisotopic (exact) mass is 517 g/mol. The van der Waals surface area contributed by atoms with Gasteiger partial charge < -0.3 is 19.8 Å². The van der Waals surface area contributed by atoms with Gasteiger partial charge in [0.15, 0.2) is 11.6 Å². The summed E-state index contributed by atoms with van der Waals surface area (Å²) < 4.78 is 36.4. The van der Waals surface area contributed by atoms with Crippen molar-refractivity contribution in [1.82, 2.24) is 15.5 Å². The number of benzene rings is 1. The molecule has 1 heterocycles. The van der Waals surface area contributed by atoms with E-state index in [4.69, 9.17) is 9.15 Å². The predicted molar refractivity (Wildman–Crippen MR) is 125 cm³/mol. The van der Waals surface area contributed by atoms with Crippen LogP contribution in [0.15, 0.2) is 46.2 Å². The van der Waals surface area contributed by atoms with E-state index in [1.54, 1.807) is 0 Å². The maximum atomic E-state index is 13.4. The van der Waals surface area contributed by atoms with Crippen LogP contribution < -0.4 is 10.6 Å². The van der Waals surface area contributed by atoms with Crippen LogP contribution >= 0.6 is 0 Å². The largest absolute Gasteiger partial charge is 0.469 e. The van der Waals surface area contributed by atoms with Gasteiger partial charge >= 0.3 is 23.8 Å². The molecule has 1 aromatic heterocycles. The van der Waals surface area contributed by atoms with Crippen LogP contribution in [-0.2, 0) is 9.53 Å². The zero-order chi connectivity index (χ0) is 26.5. The molecular formula is C24H25F2N5O6. The van der Waals surface area contributed by atoms with Crippen LogP contribution in [0.5, 0.6) is 0 Å². The van der Waals surface area contributed by atoms with Crippen LogP contribution in [0.4, 0.5) is 20.5 Å². The quantitative estimate of drug-likeness (QED) is 0.297. The maximum Gasteiger partial charge on any atom is 0.320 e. The molecular weight excluding hydrogens is 492 g/mol. The van der Waals surface area contributed by atoms with Crippen LogP contribution in [0, 0.1) is 39.5 Å². The number of hydrogen-bond acceptors (Lipinski definition) is 9. The average molecular weight is 517 g/mol. The first kappa shape index (κ1) is 25.9. The fraction of sp³-hybridized carbons (Fsp3) is 0.417. The number of carbonyl (C=O) groups is 2. The van der Waals surface area contributed by atoms with E-state index in [1.165, 1.54) is 19.3 Å². The van der Waals surface area contributed by atoms with Gasteiger partial charge in [-0.25, -0.2) is 8.78 Å². The van der Waals surface area contributed by atoms with Crippen LogP contribution in [0.2, 0.25) is 0 Å². The highest BCUT2D eigenvalue weighted by Gasteiger charge is 2.34. The van der Waals surface area contributed by atoms with E-state index in [9.17, 15) is 28.5 Å². The first-order valence-electron chi connectivity index (χ1n) is 11.7. The van der Waals surface area contributed by atoms with Crippen molar-refractivity contribution < 1.29 is 32.4 Å². The molecule has 0 spiro atoms. The van der Waals surface area contributed by atoms with E-state index < -0.39 is 28.4 Å². The Morgan fingerprint density at radius 2 is 1.95 bits per heavy atom. The first-order valence-corrected chi connectivity index (χ1v) is 11.7. The van der Waals surface area contributed by atoms with Crippen LogP contribution in [0.25, 0.3) is 0 Å². The summed E-state index contributed by atoms with van der Waals surface area (Å²) in [6.07, 6.45) is 7.30. The third-order valence-corrected chi connectivity index (χ3v) is 6.69. The highest BCUT2D eigenvalue weighted by Crippen LogP contribution is 2.39. The van der Waals surface area contributed by atoms with Crippen molar-refractivity contribution in [2.45, 2.75) is 38.5 Å². The Kier molecular flexibility index (Phi) is 7.89. The first-order chi connectivity index (χ1) is 17.7. The Bertz CT molecular complexity index is 1250. The van der Waals surface area contributed by atoms with E-state index in [1.807, 2.05) is 6.08 Å². The summed E-state index contributed by atoms with van der Waals surface area (Å²) in [6.45, 7) is 0. The SMILES string of the molecule is COC(=O)C[C@H]1CC[C@H](C2C=CC(NC(=O)c3nnc(Nc4ccc(F)c(F)c4)o3)=C([N+](=O)[O-])C2)CC1. The summed E-state index contributed by atoms with van der Waals surface area (Å²) in [5, 5.41) is 24.0. The molecule has 2 aromatic rings. The normalized spacial score (nSPS) is 21.4. The Balaban J connectivity index is 1.37. The van der Waals surface area contributed by atoms with E-state index in [0.717, 1.165) is 37.8 Å². The second-order valence-corrected chi connectivity index (χ2v) is 9.03. The van der Waals surface area contributed by atoms with Gasteiger partial charge in [0.05, 0.1) is 12.0 Å². The molecule has 1 unspecified atom stereocenters. The van der Waals surface area contributed by atoms with E-state index in [-0.39, 0.29) is 53.2 Å². The summed E-state index contributed by atoms with van der Waals surface area (Å²) in [4.78, 5) is 35.4. The molecule has 4 rings (SSSR count). The molecule has 0 saturated heterocycles. The molecule has 2 aliphatic carbocycles. The Morgan fingerprint density at radius 1 is 1.19 bits per heavy atom. The third-order valence-electron chi connectivity index (χ3n) is 6.69. The van der Waals surface area contributed by atoms with Crippen molar-refractivity contribution in [3.05, 3.63) is 69.4 Å². The lowest BCUT2D eigenvalue weighted by Gasteiger charge is -2.33. The number of ether oxygens (including phenoxy) is 1. The minimum absolute atomic E-state index is 0.0268. The molecule has 0 radical (unpaired) electrons. The molecule has 1 atom stereocenters. The minimum atomic E-state index is -1.08. The zero-order valence-electron chi connectivity index (χ0n) is 19.9. The highest BCUT2D eigenvalue weighted by atomic mass is 19.2. The predicted octanol–water partition coefficient (Wildman–Crippen LogP) is 4.26. The van der Waals surface area contributed by atoms with Crippen LogP contribution in [-0.4, -0.2) is 34.1 Å². The average Bonchev–Trinajstić information content (AvgIpc) is 3.35. The number of methoxy groups -OCH3 is 1. The van der Waals surface area contributed by atoms with Gasteiger partial charge in [-0.05, 0) is 61.6 Å². The number of carbonyl (C=O) groups excluding carboxylic acids is 2. The van der Waals surface area contributed by atoms with Crippen molar-refractivity contribution in [1.29, 1.82) is 0 Å². The van der Waals surface area contributed by atoms with Crippen LogP contribution in [0.3, 0.4) is 0 Å². The number of rotatable bonds is 8. The standard InChI is InChI=1S/C24H25F2N5O6/c1-36-21(32)10-13-2-4-14(5-3-13)15-6-9-19(20(11-15)31(34)35)28-22(33)23-29-30-24(37-23)27-16-7-8-17(25)18(26)12-16/h6-9,12-15H,2-5,10-11H2,1H3,(H,27,30)(H,28,33)/t13-,14-,15?. The molecule has 1 amide bonds. The second kappa shape index (κ2) is 11.3. The number of allylic oxidation sites excluding steroid dienone is 3. The number of esters is 1. The Labute approximate surface area is 210 Å². The zero-order valence-corrected chi connectivity index (χ0v) is 19.9. The topological polar surface area (TPSA) is 149 Å². The molecule has 2 aliphatic rings. The minimum Gasteiger partial charge on any atom is -0.469 e. The number of amides is 1. The summed E-state index contributed by atoms with van der Waals surface area (Å²) in [5.41, 5.74) is 0.0181. The molecule has 13 heteroatoms. The van der Waals surface area contributed by atoms with Gasteiger partial charge in [0.2, 0.25) is 0 Å². The Morgan fingerprint density at radius 3 is 2.62 bits per heavy atom. The summed E-state index contributed by atoms with van der Waals surface area (Å²) >= 11 is 0. The summed E-state index contributed by atoms with van der Waals surface area (Å²) in [6, 6.07) is 2.78. The van der Waals surface area contributed by atoms with Gasteiger partial charge in [-0.15, -0.1) is 5.10 Å². The molecule has 1 saturated carbocycles. The third kappa shape index (κ3) is 6.35. The fourth-order valence-corrected chi connectivity index (χ4v) is 4.71. The summed E-state index contributed by atoms with van der Waals surface area (Å²) in [5.74, 6) is -3.24. The van der Waals surface area contributed by atoms with E-state index in [2.05, 4.69) is 20.8 Å². The van der Waals surface area contributed by atoms with Crippen LogP contribution in [0.1, 0.15) is 49.2 Å². The number of anilines is 2. The van der Waals surface area contributed by atoms with Crippen molar-refractivity contribution in [2.75, 3.05) is 12.4 Å². The molecule has 1 aromatic carbocycles. The second-order valence-electron chi connectivity index (χ2n) is 9.03. The molecule has 2 N–H and O–H groups in total. The highest BCUT2D eigenvalue weighted by molar-refractivity contribution is 5.91. The summed E-state index contributed by atoms with van der Waals surface area (Å²) in [7, 11) is 1.37. The van der Waals surface area contributed by atoms with Crippen molar-refractivity contribution >= 4 is 23.6 Å². The molecule has 1 fully saturated rings. The number of nitrogens with one attached hydrogen (secondary N) is 2. The maximum absolute atomic E-state index is 13.4. The fourth-order valence-electron chi connectivity index (χ4n) is 4.71. The van der Waals surface area contributed by atoms with Gasteiger partial charge in [0.1, 0.15) is 5.70 Å². The van der Waals surface area contributed by atoms with Gasteiger partial charge in [-0.3, -0.25) is 19.7 Å². The molecule has 0 bridgehead atoms. The molecule has 0 aliphatic heterocycles. The number of halogens is 2. The van der Waals surface area contributed by atoms with E-state index in [0.29, 0.717) is 6.42 Å². The number of aromatic nitrogens is 2. The van der Waals surface area contributed by atoms with Gasteiger partial charge in [-0.2, -0.15) is 0 Å². The van der Waals surface area contributed by atoms with Crippen molar-refractivity contribution in [2.24, 2.45) is 17.8 Å². The van der Waals surface area contributed by atoms with Gasteiger partial charge in [-0.1, -0.05) is 11.2 Å². The number of nitro groups is 1. The number of nitrogens with zero attached hydrogens (tertiary/aromatic N) is 3. The number of hydrogen-bond donors (Lipinski definition) is 2.